The topological polar surface area (TPSA) is 21.3 Å². The number of nitrogens with one attached hydrogen (secondary N) is 1. The van der Waals surface area contributed by atoms with Gasteiger partial charge in [0.1, 0.15) is 0 Å². The maximum absolute atomic E-state index is 5.89. The van der Waals surface area contributed by atoms with E-state index in [9.17, 15) is 0 Å². The van der Waals surface area contributed by atoms with Gasteiger partial charge in [-0.1, -0.05) is 24.3 Å². The number of ether oxygens (including phenoxy) is 1. The predicted octanol–water partition coefficient (Wildman–Crippen LogP) is 3.21. The zero-order chi connectivity index (χ0) is 12.5. The van der Waals surface area contributed by atoms with Crippen LogP contribution in [0.3, 0.4) is 0 Å². The van der Waals surface area contributed by atoms with E-state index in [1.165, 1.54) is 24.0 Å². The number of hydrogen-bond donors (Lipinski definition) is 1. The maximum atomic E-state index is 5.89. The van der Waals surface area contributed by atoms with Crippen molar-refractivity contribution in [1.82, 2.24) is 5.32 Å². The van der Waals surface area contributed by atoms with Crippen molar-refractivity contribution in [3.63, 3.8) is 0 Å². The van der Waals surface area contributed by atoms with Crippen molar-refractivity contribution in [2.45, 2.75) is 51.3 Å². The molecule has 1 aliphatic carbocycles. The van der Waals surface area contributed by atoms with Gasteiger partial charge >= 0.3 is 0 Å². The van der Waals surface area contributed by atoms with Gasteiger partial charge < -0.3 is 10.1 Å². The second-order valence-corrected chi connectivity index (χ2v) is 5.81. The van der Waals surface area contributed by atoms with Crippen LogP contribution in [0, 0.1) is 12.8 Å². The molecule has 1 N–H and O–H groups in total. The van der Waals surface area contributed by atoms with E-state index in [4.69, 9.17) is 4.74 Å². The summed E-state index contributed by atoms with van der Waals surface area (Å²) >= 11 is 0. The highest BCUT2D eigenvalue weighted by Gasteiger charge is 2.40. The van der Waals surface area contributed by atoms with E-state index in [1.807, 2.05) is 0 Å². The van der Waals surface area contributed by atoms with Crippen molar-refractivity contribution < 1.29 is 4.74 Å². The molecule has 0 amide bonds. The summed E-state index contributed by atoms with van der Waals surface area (Å²) < 4.78 is 5.89. The summed E-state index contributed by atoms with van der Waals surface area (Å²) in [5, 5.41) is 3.78. The zero-order valence-electron chi connectivity index (χ0n) is 11.4. The average Bonchev–Trinajstić information content (AvgIpc) is 3.11. The Labute approximate surface area is 110 Å². The predicted molar refractivity (Wildman–Crippen MR) is 73.6 cm³/mol. The van der Waals surface area contributed by atoms with Gasteiger partial charge in [0.15, 0.2) is 0 Å². The van der Waals surface area contributed by atoms with Gasteiger partial charge in [-0.15, -0.1) is 0 Å². The Bertz CT molecular complexity index is 413. The van der Waals surface area contributed by atoms with Crippen molar-refractivity contribution in [3.05, 3.63) is 35.4 Å². The highest BCUT2D eigenvalue weighted by molar-refractivity contribution is 5.28. The molecule has 2 fully saturated rings. The van der Waals surface area contributed by atoms with E-state index in [-0.39, 0.29) is 0 Å². The SMILES string of the molecule is Cc1ccccc1C(C)NC1CCOC1C1CC1. The first-order valence-electron chi connectivity index (χ1n) is 7.19. The lowest BCUT2D eigenvalue weighted by Gasteiger charge is -2.25. The molecule has 1 aromatic carbocycles. The van der Waals surface area contributed by atoms with Crippen molar-refractivity contribution in [2.24, 2.45) is 5.92 Å². The summed E-state index contributed by atoms with van der Waals surface area (Å²) in [4.78, 5) is 0. The highest BCUT2D eigenvalue weighted by atomic mass is 16.5. The van der Waals surface area contributed by atoms with Gasteiger partial charge in [-0.2, -0.15) is 0 Å². The lowest BCUT2D eigenvalue weighted by Crippen LogP contribution is -2.39. The number of aryl methyl sites for hydroxylation is 1. The fourth-order valence-electron chi connectivity index (χ4n) is 3.16. The van der Waals surface area contributed by atoms with Crippen LogP contribution >= 0.6 is 0 Å². The molecule has 0 spiro atoms. The van der Waals surface area contributed by atoms with E-state index >= 15 is 0 Å². The van der Waals surface area contributed by atoms with Crippen LogP contribution in [0.5, 0.6) is 0 Å². The zero-order valence-corrected chi connectivity index (χ0v) is 11.4. The van der Waals surface area contributed by atoms with Gasteiger partial charge in [0.2, 0.25) is 0 Å². The second-order valence-electron chi connectivity index (χ2n) is 5.81. The van der Waals surface area contributed by atoms with Crippen LogP contribution in [-0.2, 0) is 4.74 Å². The summed E-state index contributed by atoms with van der Waals surface area (Å²) in [6.07, 6.45) is 4.36. The standard InChI is InChI=1S/C16H23NO/c1-11-5-3-4-6-14(11)12(2)17-15-9-10-18-16(15)13-7-8-13/h3-6,12-13,15-17H,7-10H2,1-2H3. The van der Waals surface area contributed by atoms with Crippen LogP contribution in [0.2, 0.25) is 0 Å². The van der Waals surface area contributed by atoms with Gasteiger partial charge in [-0.3, -0.25) is 0 Å². The highest BCUT2D eigenvalue weighted by Crippen LogP contribution is 2.39. The van der Waals surface area contributed by atoms with Gasteiger partial charge in [0.05, 0.1) is 6.10 Å². The number of benzene rings is 1. The molecule has 1 saturated heterocycles. The molecular formula is C16H23NO. The minimum Gasteiger partial charge on any atom is -0.376 e. The number of hydrogen-bond acceptors (Lipinski definition) is 2. The fraction of sp³-hybridized carbons (Fsp3) is 0.625. The molecule has 2 aliphatic rings. The van der Waals surface area contributed by atoms with Gasteiger partial charge in [-0.05, 0) is 50.2 Å². The molecule has 98 valence electrons. The van der Waals surface area contributed by atoms with Crippen molar-refractivity contribution >= 4 is 0 Å². The third-order valence-electron chi connectivity index (χ3n) is 4.34. The molecule has 0 radical (unpaired) electrons. The first kappa shape index (κ1) is 12.2. The van der Waals surface area contributed by atoms with Crippen LogP contribution in [0.4, 0.5) is 0 Å². The van der Waals surface area contributed by atoms with E-state index in [2.05, 4.69) is 43.4 Å². The smallest absolute Gasteiger partial charge is 0.0757 e. The molecule has 2 nitrogen and oxygen atoms in total. The van der Waals surface area contributed by atoms with Crippen molar-refractivity contribution in [1.29, 1.82) is 0 Å². The molecular weight excluding hydrogens is 222 g/mol. The minimum absolute atomic E-state index is 0.416. The largest absolute Gasteiger partial charge is 0.376 e. The monoisotopic (exact) mass is 245 g/mol. The molecule has 3 rings (SSSR count). The Kier molecular flexibility index (Phi) is 3.40. The molecule has 0 bridgehead atoms. The summed E-state index contributed by atoms with van der Waals surface area (Å²) in [6.45, 7) is 5.39. The number of rotatable bonds is 4. The molecule has 1 saturated carbocycles. The molecule has 1 aliphatic heterocycles. The van der Waals surface area contributed by atoms with E-state index < -0.39 is 0 Å². The third-order valence-corrected chi connectivity index (χ3v) is 4.34. The van der Waals surface area contributed by atoms with Crippen LogP contribution in [0.1, 0.15) is 43.4 Å². The maximum Gasteiger partial charge on any atom is 0.0757 e. The average molecular weight is 245 g/mol. The van der Waals surface area contributed by atoms with Crippen molar-refractivity contribution in [3.8, 4) is 0 Å². The minimum atomic E-state index is 0.416. The molecule has 3 atom stereocenters. The summed E-state index contributed by atoms with van der Waals surface area (Å²) in [6, 6.07) is 9.62. The normalized spacial score (nSPS) is 29.4. The summed E-state index contributed by atoms with van der Waals surface area (Å²) in [5.74, 6) is 0.828. The molecule has 3 unspecified atom stereocenters. The van der Waals surface area contributed by atoms with Gasteiger partial charge in [-0.25, -0.2) is 0 Å². The third kappa shape index (κ3) is 2.45. The first-order valence-corrected chi connectivity index (χ1v) is 7.19. The second kappa shape index (κ2) is 5.02. The van der Waals surface area contributed by atoms with Gasteiger partial charge in [0, 0.05) is 18.7 Å². The fourth-order valence-corrected chi connectivity index (χ4v) is 3.16. The van der Waals surface area contributed by atoms with Crippen LogP contribution in [0.25, 0.3) is 0 Å². The molecule has 2 heteroatoms. The van der Waals surface area contributed by atoms with Crippen LogP contribution in [-0.4, -0.2) is 18.8 Å². The lowest BCUT2D eigenvalue weighted by molar-refractivity contribution is 0.0792. The molecule has 0 aromatic heterocycles. The molecule has 1 aromatic rings. The lowest BCUT2D eigenvalue weighted by atomic mass is 9.99. The van der Waals surface area contributed by atoms with Crippen molar-refractivity contribution in [2.75, 3.05) is 6.61 Å². The Hall–Kier alpha value is -0.860. The van der Waals surface area contributed by atoms with Gasteiger partial charge in [0.25, 0.3) is 0 Å². The quantitative estimate of drug-likeness (QED) is 0.879. The van der Waals surface area contributed by atoms with E-state index in [1.54, 1.807) is 0 Å². The first-order chi connectivity index (χ1) is 8.75. The Morgan fingerprint density at radius 1 is 1.22 bits per heavy atom. The molecule has 1 heterocycles. The Balaban J connectivity index is 1.66. The summed E-state index contributed by atoms with van der Waals surface area (Å²) in [7, 11) is 0. The Morgan fingerprint density at radius 2 is 2.00 bits per heavy atom. The molecule has 18 heavy (non-hydrogen) atoms. The van der Waals surface area contributed by atoms with Crippen LogP contribution in [0.15, 0.2) is 24.3 Å². The van der Waals surface area contributed by atoms with Crippen LogP contribution < -0.4 is 5.32 Å². The van der Waals surface area contributed by atoms with E-state index in [0.29, 0.717) is 18.2 Å². The summed E-state index contributed by atoms with van der Waals surface area (Å²) in [5.41, 5.74) is 2.79. The van der Waals surface area contributed by atoms with E-state index in [0.717, 1.165) is 18.9 Å². The Morgan fingerprint density at radius 3 is 2.72 bits per heavy atom.